The second-order valence-corrected chi connectivity index (χ2v) is 4.64. The molecule has 23 heavy (non-hydrogen) atoms. The second-order valence-electron chi connectivity index (χ2n) is 4.64. The van der Waals surface area contributed by atoms with E-state index in [0.717, 1.165) is 22.5 Å². The molecule has 0 aliphatic rings. The van der Waals surface area contributed by atoms with Crippen LogP contribution in [0.2, 0.25) is 0 Å². The van der Waals surface area contributed by atoms with Crippen molar-refractivity contribution < 1.29 is 21.1 Å². The number of para-hydroxylation sites is 2. The van der Waals surface area contributed by atoms with Crippen LogP contribution in [0.1, 0.15) is 11.1 Å². The summed E-state index contributed by atoms with van der Waals surface area (Å²) in [5, 5.41) is 0. The largest absolute Gasteiger partial charge is 2.00 e. The van der Waals surface area contributed by atoms with Crippen LogP contribution >= 0.6 is 0 Å². The molecule has 2 nitrogen and oxygen atoms in total. The molecule has 0 bridgehead atoms. The molecule has 3 rings (SSSR count). The molecular formula is C20H14N2Pt. The first kappa shape index (κ1) is 17.0. The predicted octanol–water partition coefficient (Wildman–Crippen LogP) is 4.79. The summed E-state index contributed by atoms with van der Waals surface area (Å²) in [6, 6.07) is 29.5. The van der Waals surface area contributed by atoms with Crippen LogP contribution in [0.5, 0.6) is 0 Å². The average molecular weight is 477 g/mol. The van der Waals surface area contributed by atoms with E-state index in [1.807, 2.05) is 72.8 Å². The number of hydrogen-bond acceptors (Lipinski definition) is 2. The first-order chi connectivity index (χ1) is 10.9. The number of rotatable bonds is 4. The normalized spacial score (nSPS) is 10.8. The van der Waals surface area contributed by atoms with E-state index >= 15 is 0 Å². The van der Waals surface area contributed by atoms with Gasteiger partial charge in [-0.3, -0.25) is 0 Å². The maximum absolute atomic E-state index is 4.51. The smallest absolute Gasteiger partial charge is 0.302 e. The quantitative estimate of drug-likeness (QED) is 0.382. The fourth-order valence-corrected chi connectivity index (χ4v) is 1.94. The van der Waals surface area contributed by atoms with Gasteiger partial charge in [-0.25, -0.2) is 0 Å². The summed E-state index contributed by atoms with van der Waals surface area (Å²) in [5.74, 6) is 0. The molecule has 0 radical (unpaired) electrons. The maximum Gasteiger partial charge on any atom is 2.00 e. The van der Waals surface area contributed by atoms with Crippen LogP contribution < -0.4 is 0 Å². The summed E-state index contributed by atoms with van der Waals surface area (Å²) >= 11 is 0. The molecule has 0 heterocycles. The van der Waals surface area contributed by atoms with Crippen LogP contribution in [0, 0.1) is 12.1 Å². The maximum atomic E-state index is 4.51. The fourth-order valence-electron chi connectivity index (χ4n) is 1.94. The zero-order valence-electron chi connectivity index (χ0n) is 12.3. The van der Waals surface area contributed by atoms with E-state index in [9.17, 15) is 0 Å². The van der Waals surface area contributed by atoms with Crippen LogP contribution in [0.4, 0.5) is 11.4 Å². The molecule has 0 aromatic heterocycles. The van der Waals surface area contributed by atoms with Crippen molar-refractivity contribution in [3.63, 3.8) is 0 Å². The van der Waals surface area contributed by atoms with Gasteiger partial charge in [0.05, 0.1) is 11.4 Å². The van der Waals surface area contributed by atoms with Gasteiger partial charge < -0.3 is 9.98 Å². The second kappa shape index (κ2) is 8.97. The Balaban J connectivity index is 0.00000192. The van der Waals surface area contributed by atoms with Gasteiger partial charge in [0, 0.05) is 0 Å². The fraction of sp³-hybridized carbons (Fsp3) is 0. The Kier molecular flexibility index (Phi) is 6.65. The van der Waals surface area contributed by atoms with Crippen LogP contribution in [-0.2, 0) is 21.1 Å². The summed E-state index contributed by atoms with van der Waals surface area (Å²) in [7, 11) is 0. The van der Waals surface area contributed by atoms with Gasteiger partial charge in [0.25, 0.3) is 0 Å². The van der Waals surface area contributed by atoms with Crippen molar-refractivity contribution in [2.24, 2.45) is 9.98 Å². The number of benzene rings is 3. The SMILES string of the molecule is [Pt+2].[c-]1ccccc1C=Nc1ccccc1N=Cc1[c-]cccc1. The summed E-state index contributed by atoms with van der Waals surface area (Å²) in [6.07, 6.45) is 3.59. The third kappa shape index (κ3) is 5.12. The van der Waals surface area contributed by atoms with Crippen molar-refractivity contribution in [1.82, 2.24) is 0 Å². The molecule has 0 amide bonds. The van der Waals surface area contributed by atoms with Crippen molar-refractivity contribution in [3.8, 4) is 0 Å². The number of nitrogens with zero attached hydrogens (tertiary/aromatic N) is 2. The molecular weight excluding hydrogens is 463 g/mol. The van der Waals surface area contributed by atoms with Gasteiger partial charge in [-0.2, -0.15) is 0 Å². The Morgan fingerprint density at radius 2 is 1.04 bits per heavy atom. The minimum absolute atomic E-state index is 0. The van der Waals surface area contributed by atoms with Crippen molar-refractivity contribution in [2.75, 3.05) is 0 Å². The Bertz CT molecular complexity index is 713. The van der Waals surface area contributed by atoms with Crippen molar-refractivity contribution in [3.05, 3.63) is 96.1 Å². The van der Waals surface area contributed by atoms with Gasteiger partial charge in [0.1, 0.15) is 0 Å². The topological polar surface area (TPSA) is 24.7 Å². The van der Waals surface area contributed by atoms with Gasteiger partial charge in [-0.1, -0.05) is 12.1 Å². The van der Waals surface area contributed by atoms with Crippen molar-refractivity contribution >= 4 is 23.8 Å². The molecule has 0 fully saturated rings. The van der Waals surface area contributed by atoms with Gasteiger partial charge in [0.2, 0.25) is 0 Å². The molecule has 0 unspecified atom stereocenters. The molecule has 3 aromatic rings. The molecule has 0 atom stereocenters. The average Bonchev–Trinajstić information content (AvgIpc) is 2.61. The Morgan fingerprint density at radius 3 is 1.43 bits per heavy atom. The molecule has 0 saturated heterocycles. The van der Waals surface area contributed by atoms with E-state index in [4.69, 9.17) is 0 Å². The molecule has 0 N–H and O–H groups in total. The zero-order chi connectivity index (χ0) is 15.0. The molecule has 3 heteroatoms. The first-order valence-corrected chi connectivity index (χ1v) is 7.02. The number of hydrogen-bond donors (Lipinski definition) is 0. The Morgan fingerprint density at radius 1 is 0.609 bits per heavy atom. The molecule has 0 aliphatic heterocycles. The van der Waals surface area contributed by atoms with Crippen LogP contribution in [0.25, 0.3) is 0 Å². The standard InChI is InChI=1S/C20H14N2.Pt/c1-3-9-17(10-4-1)15-21-19-13-7-8-14-20(19)22-16-18-11-5-2-6-12-18;/h1-9,11,13-16H;/q-2;+2. The summed E-state index contributed by atoms with van der Waals surface area (Å²) in [6.45, 7) is 0. The molecule has 3 aromatic carbocycles. The van der Waals surface area contributed by atoms with Gasteiger partial charge in [-0.05, 0) is 24.6 Å². The van der Waals surface area contributed by atoms with Gasteiger partial charge in [0.15, 0.2) is 0 Å². The van der Waals surface area contributed by atoms with Crippen LogP contribution in [-0.4, -0.2) is 12.4 Å². The van der Waals surface area contributed by atoms with Gasteiger partial charge in [-0.15, -0.1) is 71.8 Å². The van der Waals surface area contributed by atoms with E-state index in [0.29, 0.717) is 0 Å². The van der Waals surface area contributed by atoms with Crippen LogP contribution in [0.15, 0.2) is 82.8 Å². The molecule has 0 aliphatic carbocycles. The Labute approximate surface area is 150 Å². The molecule has 0 spiro atoms. The molecule has 114 valence electrons. The Hall–Kier alpha value is -2.31. The third-order valence-electron chi connectivity index (χ3n) is 3.03. The minimum Gasteiger partial charge on any atom is -0.302 e. The predicted molar refractivity (Wildman–Crippen MR) is 91.5 cm³/mol. The van der Waals surface area contributed by atoms with Gasteiger partial charge >= 0.3 is 21.1 Å². The van der Waals surface area contributed by atoms with E-state index in [1.165, 1.54) is 0 Å². The number of aliphatic imine (C=N–C) groups is 2. The summed E-state index contributed by atoms with van der Waals surface area (Å²) in [5.41, 5.74) is 3.54. The van der Waals surface area contributed by atoms with E-state index in [2.05, 4.69) is 22.1 Å². The van der Waals surface area contributed by atoms with Crippen molar-refractivity contribution in [1.29, 1.82) is 0 Å². The van der Waals surface area contributed by atoms with E-state index in [-0.39, 0.29) is 21.1 Å². The minimum atomic E-state index is 0. The summed E-state index contributed by atoms with van der Waals surface area (Å²) < 4.78 is 0. The monoisotopic (exact) mass is 477 g/mol. The van der Waals surface area contributed by atoms with E-state index in [1.54, 1.807) is 12.4 Å². The molecule has 0 saturated carbocycles. The zero-order valence-corrected chi connectivity index (χ0v) is 14.6. The first-order valence-electron chi connectivity index (χ1n) is 7.02. The van der Waals surface area contributed by atoms with Crippen LogP contribution in [0.3, 0.4) is 0 Å². The van der Waals surface area contributed by atoms with E-state index < -0.39 is 0 Å². The third-order valence-corrected chi connectivity index (χ3v) is 3.03. The summed E-state index contributed by atoms with van der Waals surface area (Å²) in [4.78, 5) is 9.02. The van der Waals surface area contributed by atoms with Crippen molar-refractivity contribution in [2.45, 2.75) is 0 Å².